The predicted octanol–water partition coefficient (Wildman–Crippen LogP) is 4.66. The van der Waals surface area contributed by atoms with Gasteiger partial charge in [0.1, 0.15) is 17.3 Å². The molecule has 1 aliphatic heterocycles. The van der Waals surface area contributed by atoms with Crippen LogP contribution >= 0.6 is 11.6 Å². The fourth-order valence-corrected chi connectivity index (χ4v) is 3.73. The summed E-state index contributed by atoms with van der Waals surface area (Å²) < 4.78 is 5.27. The molecule has 0 aliphatic carbocycles. The van der Waals surface area contributed by atoms with Crippen LogP contribution in [0.25, 0.3) is 11.5 Å². The second-order valence-corrected chi connectivity index (χ2v) is 8.11. The van der Waals surface area contributed by atoms with Gasteiger partial charge in [0.2, 0.25) is 0 Å². The number of pyridine rings is 1. The Kier molecular flexibility index (Phi) is 6.79. The molecule has 0 spiro atoms. The summed E-state index contributed by atoms with van der Waals surface area (Å²) in [7, 11) is 1.69. The lowest BCUT2D eigenvalue weighted by Gasteiger charge is -2.29. The number of hydrogen-bond acceptors (Lipinski definition) is 6. The van der Waals surface area contributed by atoms with Crippen LogP contribution in [-0.2, 0) is 19.5 Å². The Morgan fingerprint density at radius 2 is 2.03 bits per heavy atom. The molecule has 1 aliphatic rings. The number of fused-ring (bicyclic) bond motifs is 1. The van der Waals surface area contributed by atoms with Gasteiger partial charge in [-0.25, -0.2) is 9.97 Å². The maximum Gasteiger partial charge on any atom is 0.180 e. The molecule has 0 unspecified atom stereocenters. The van der Waals surface area contributed by atoms with Crippen molar-refractivity contribution in [3.8, 4) is 17.3 Å². The van der Waals surface area contributed by atoms with Gasteiger partial charge in [-0.15, -0.1) is 0 Å². The van der Waals surface area contributed by atoms with Crippen molar-refractivity contribution in [3.05, 3.63) is 76.6 Å². The van der Waals surface area contributed by atoms with E-state index in [1.807, 2.05) is 43.3 Å². The highest BCUT2D eigenvalue weighted by Gasteiger charge is 2.23. The topological polar surface area (TPSA) is 63.2 Å². The molecule has 0 fully saturated rings. The van der Waals surface area contributed by atoms with Gasteiger partial charge in [-0.05, 0) is 43.2 Å². The van der Waals surface area contributed by atoms with E-state index in [9.17, 15) is 0 Å². The van der Waals surface area contributed by atoms with Crippen molar-refractivity contribution in [2.45, 2.75) is 26.4 Å². The molecule has 0 amide bonds. The molecule has 31 heavy (non-hydrogen) atoms. The van der Waals surface area contributed by atoms with E-state index in [0.717, 1.165) is 54.0 Å². The van der Waals surface area contributed by atoms with E-state index in [1.165, 1.54) is 11.1 Å². The first kappa shape index (κ1) is 21.3. The van der Waals surface area contributed by atoms with Gasteiger partial charge in [-0.2, -0.15) is 0 Å². The van der Waals surface area contributed by atoms with E-state index in [1.54, 1.807) is 13.3 Å². The molecule has 0 bridgehead atoms. The summed E-state index contributed by atoms with van der Waals surface area (Å²) in [5.74, 6) is 2.38. The van der Waals surface area contributed by atoms with Crippen LogP contribution in [0.3, 0.4) is 0 Å². The Morgan fingerprint density at radius 3 is 2.74 bits per heavy atom. The highest BCUT2D eigenvalue weighted by atomic mass is 35.5. The minimum atomic E-state index is 0.621. The van der Waals surface area contributed by atoms with Crippen molar-refractivity contribution in [3.63, 3.8) is 0 Å². The number of ether oxygens (including phenoxy) is 1. The molecule has 3 aromatic rings. The first-order valence-corrected chi connectivity index (χ1v) is 10.7. The third-order valence-electron chi connectivity index (χ3n) is 5.26. The number of benzene rings is 1. The number of aromatic nitrogens is 3. The second-order valence-electron chi connectivity index (χ2n) is 7.52. The molecular formula is C24H26ClN5O. The summed E-state index contributed by atoms with van der Waals surface area (Å²) in [6, 6.07) is 14.0. The smallest absolute Gasteiger partial charge is 0.180 e. The van der Waals surface area contributed by atoms with Gasteiger partial charge >= 0.3 is 0 Å². The van der Waals surface area contributed by atoms with E-state index >= 15 is 0 Å². The molecular weight excluding hydrogens is 410 g/mol. The number of anilines is 1. The number of methoxy groups -OCH3 is 1. The first-order valence-electron chi connectivity index (χ1n) is 10.3. The quantitative estimate of drug-likeness (QED) is 0.582. The van der Waals surface area contributed by atoms with Crippen LogP contribution in [0.15, 0.2) is 59.8 Å². The largest absolute Gasteiger partial charge is 0.497 e. The molecule has 2 aromatic heterocycles. The molecule has 6 nitrogen and oxygen atoms in total. The van der Waals surface area contributed by atoms with E-state index in [-0.39, 0.29) is 0 Å². The Bertz CT molecular complexity index is 1050. The van der Waals surface area contributed by atoms with Crippen molar-refractivity contribution in [1.29, 1.82) is 0 Å². The third-order valence-corrected chi connectivity index (χ3v) is 5.41. The molecule has 0 saturated heterocycles. The molecule has 1 N–H and O–H groups in total. The van der Waals surface area contributed by atoms with E-state index in [0.29, 0.717) is 12.4 Å². The molecule has 3 heterocycles. The van der Waals surface area contributed by atoms with Crippen LogP contribution in [-0.4, -0.2) is 40.1 Å². The molecule has 0 radical (unpaired) electrons. The monoisotopic (exact) mass is 435 g/mol. The normalized spacial score (nSPS) is 14.2. The predicted molar refractivity (Wildman–Crippen MR) is 124 cm³/mol. The first-order chi connectivity index (χ1) is 15.1. The third kappa shape index (κ3) is 5.40. The van der Waals surface area contributed by atoms with Gasteiger partial charge in [-0.3, -0.25) is 9.88 Å². The average Bonchev–Trinajstić information content (AvgIpc) is 2.79. The number of rotatable bonds is 7. The van der Waals surface area contributed by atoms with Gasteiger partial charge < -0.3 is 10.1 Å². The lowest BCUT2D eigenvalue weighted by molar-refractivity contribution is 0.241. The lowest BCUT2D eigenvalue weighted by Crippen LogP contribution is -2.32. The van der Waals surface area contributed by atoms with Crippen LogP contribution in [0.5, 0.6) is 5.75 Å². The fourth-order valence-electron chi connectivity index (χ4n) is 3.65. The van der Waals surface area contributed by atoms with Crippen LogP contribution < -0.4 is 10.1 Å². The van der Waals surface area contributed by atoms with Crippen molar-refractivity contribution in [2.75, 3.05) is 25.5 Å². The zero-order chi connectivity index (χ0) is 21.6. The number of halogens is 1. The molecule has 0 saturated carbocycles. The number of nitrogens with one attached hydrogen (secondary N) is 1. The minimum Gasteiger partial charge on any atom is -0.497 e. The van der Waals surface area contributed by atoms with E-state index < -0.39 is 0 Å². The van der Waals surface area contributed by atoms with E-state index in [4.69, 9.17) is 26.3 Å². The Labute approximate surface area is 188 Å². The summed E-state index contributed by atoms with van der Waals surface area (Å²) in [4.78, 5) is 16.5. The van der Waals surface area contributed by atoms with Crippen LogP contribution in [0.4, 0.5) is 5.82 Å². The number of allylic oxidation sites excluding steroid dienone is 1. The zero-order valence-corrected chi connectivity index (χ0v) is 18.6. The van der Waals surface area contributed by atoms with Gasteiger partial charge in [0, 0.05) is 43.0 Å². The summed E-state index contributed by atoms with van der Waals surface area (Å²) in [5, 5.41) is 4.17. The Balaban J connectivity index is 1.59. The molecule has 1 aromatic carbocycles. The second kappa shape index (κ2) is 9.90. The SMILES string of the molecule is COc1ccc(CN2CCc3c(nc(-c4ccccn4)nc3NCC=C(C)Cl)C2)cc1. The van der Waals surface area contributed by atoms with Crippen molar-refractivity contribution in [1.82, 2.24) is 19.9 Å². The van der Waals surface area contributed by atoms with Gasteiger partial charge in [0.25, 0.3) is 0 Å². The maximum absolute atomic E-state index is 5.99. The van der Waals surface area contributed by atoms with Crippen molar-refractivity contribution in [2.24, 2.45) is 0 Å². The van der Waals surface area contributed by atoms with Crippen molar-refractivity contribution < 1.29 is 4.74 Å². The van der Waals surface area contributed by atoms with Crippen LogP contribution in [0.1, 0.15) is 23.7 Å². The van der Waals surface area contributed by atoms with Crippen molar-refractivity contribution >= 4 is 17.4 Å². The number of nitrogens with zero attached hydrogens (tertiary/aromatic N) is 4. The summed E-state index contributed by atoms with van der Waals surface area (Å²) >= 11 is 5.99. The summed E-state index contributed by atoms with van der Waals surface area (Å²) in [6.45, 7) is 5.07. The average molecular weight is 436 g/mol. The van der Waals surface area contributed by atoms with Gasteiger partial charge in [0.05, 0.1) is 12.8 Å². The maximum atomic E-state index is 5.99. The van der Waals surface area contributed by atoms with Crippen LogP contribution in [0, 0.1) is 0 Å². The van der Waals surface area contributed by atoms with Gasteiger partial charge in [-0.1, -0.05) is 35.9 Å². The number of hydrogen-bond donors (Lipinski definition) is 1. The molecule has 160 valence electrons. The molecule has 0 atom stereocenters. The van der Waals surface area contributed by atoms with Gasteiger partial charge in [0.15, 0.2) is 5.82 Å². The highest BCUT2D eigenvalue weighted by molar-refractivity contribution is 6.29. The fraction of sp³-hybridized carbons (Fsp3) is 0.292. The highest BCUT2D eigenvalue weighted by Crippen LogP contribution is 2.27. The molecule has 4 rings (SSSR count). The standard InChI is InChI=1S/C24H26ClN5O/c1-17(25)10-13-27-23-20-11-14-30(15-18-6-8-19(31-2)9-7-18)16-22(20)28-24(29-23)21-5-3-4-12-26-21/h3-10,12H,11,13-16H2,1-2H3,(H,27,28,29). The summed E-state index contributed by atoms with van der Waals surface area (Å²) in [6.07, 6.45) is 4.59. The minimum absolute atomic E-state index is 0.621. The Hall–Kier alpha value is -2.96. The van der Waals surface area contributed by atoms with Crippen LogP contribution in [0.2, 0.25) is 0 Å². The van der Waals surface area contributed by atoms with E-state index in [2.05, 4.69) is 27.3 Å². The Morgan fingerprint density at radius 1 is 1.19 bits per heavy atom. The summed E-state index contributed by atoms with van der Waals surface area (Å²) in [5.41, 5.74) is 4.24. The lowest BCUT2D eigenvalue weighted by atomic mass is 10.0. The molecule has 7 heteroatoms. The zero-order valence-electron chi connectivity index (χ0n) is 17.8.